The van der Waals surface area contributed by atoms with Crippen molar-refractivity contribution in [3.05, 3.63) is 59.1 Å². The van der Waals surface area contributed by atoms with Crippen LogP contribution in [-0.2, 0) is 6.42 Å². The number of hydrogen-bond acceptors (Lipinski definition) is 3. The maximum Gasteiger partial charge on any atom is 0.184 e. The summed E-state index contributed by atoms with van der Waals surface area (Å²) in [4.78, 5) is 4.58. The van der Waals surface area contributed by atoms with E-state index in [4.69, 9.17) is 11.6 Å². The van der Waals surface area contributed by atoms with Crippen molar-refractivity contribution in [1.29, 1.82) is 0 Å². The Labute approximate surface area is 127 Å². The van der Waals surface area contributed by atoms with Crippen LogP contribution in [0, 0.1) is 0 Å². The highest BCUT2D eigenvalue weighted by molar-refractivity contribution is 7.22. The maximum atomic E-state index is 5.99. The molecule has 0 saturated carbocycles. The molecule has 1 unspecified atom stereocenters. The molecule has 1 N–H and O–H groups in total. The van der Waals surface area contributed by atoms with Gasteiger partial charge in [0.1, 0.15) is 0 Å². The summed E-state index contributed by atoms with van der Waals surface area (Å²) in [6, 6.07) is 16.6. The number of halogens is 1. The standard InChI is InChI=1S/C16H15ClN2S/c1-11(9-12-5-3-2-4-6-12)18-16-19-14-10-13(17)7-8-15(14)20-16/h2-8,10-11H,9H2,1H3,(H,18,19). The Balaban J connectivity index is 1.72. The molecule has 2 nitrogen and oxygen atoms in total. The highest BCUT2D eigenvalue weighted by atomic mass is 35.5. The molecule has 0 aliphatic heterocycles. The third-order valence-electron chi connectivity index (χ3n) is 3.10. The minimum atomic E-state index is 0.341. The summed E-state index contributed by atoms with van der Waals surface area (Å²) in [6.07, 6.45) is 0.984. The van der Waals surface area contributed by atoms with Gasteiger partial charge in [0.25, 0.3) is 0 Å². The summed E-state index contributed by atoms with van der Waals surface area (Å²) in [5, 5.41) is 5.14. The van der Waals surface area contributed by atoms with E-state index in [-0.39, 0.29) is 0 Å². The molecule has 0 aliphatic carbocycles. The normalized spacial score (nSPS) is 12.5. The number of hydrogen-bond donors (Lipinski definition) is 1. The molecule has 0 amide bonds. The third kappa shape index (κ3) is 3.11. The Morgan fingerprint density at radius 3 is 2.80 bits per heavy atom. The van der Waals surface area contributed by atoms with Crippen molar-refractivity contribution in [3.8, 4) is 0 Å². The number of aromatic nitrogens is 1. The van der Waals surface area contributed by atoms with Crippen LogP contribution in [-0.4, -0.2) is 11.0 Å². The van der Waals surface area contributed by atoms with E-state index in [1.807, 2.05) is 24.3 Å². The van der Waals surface area contributed by atoms with Crippen LogP contribution in [0.25, 0.3) is 10.2 Å². The van der Waals surface area contributed by atoms with Crippen LogP contribution in [0.5, 0.6) is 0 Å². The van der Waals surface area contributed by atoms with Crippen molar-refractivity contribution in [2.24, 2.45) is 0 Å². The van der Waals surface area contributed by atoms with Gasteiger partial charge >= 0.3 is 0 Å². The molecule has 102 valence electrons. The molecule has 2 aromatic carbocycles. The van der Waals surface area contributed by atoms with E-state index in [0.717, 1.165) is 26.8 Å². The average molecular weight is 303 g/mol. The molecule has 0 bridgehead atoms. The van der Waals surface area contributed by atoms with E-state index < -0.39 is 0 Å². The zero-order chi connectivity index (χ0) is 13.9. The highest BCUT2D eigenvalue weighted by Gasteiger charge is 2.08. The second kappa shape index (κ2) is 5.81. The Hall–Kier alpha value is -1.58. The molecule has 3 aromatic rings. The fourth-order valence-electron chi connectivity index (χ4n) is 2.19. The van der Waals surface area contributed by atoms with Crippen LogP contribution >= 0.6 is 22.9 Å². The van der Waals surface area contributed by atoms with Gasteiger partial charge in [-0.15, -0.1) is 0 Å². The number of thiazole rings is 1. The molecule has 1 heterocycles. The molecule has 0 radical (unpaired) electrons. The first kappa shape index (κ1) is 13.4. The predicted molar refractivity (Wildman–Crippen MR) is 87.9 cm³/mol. The van der Waals surface area contributed by atoms with Gasteiger partial charge in [-0.2, -0.15) is 0 Å². The van der Waals surface area contributed by atoms with Gasteiger partial charge in [0.05, 0.1) is 10.2 Å². The highest BCUT2D eigenvalue weighted by Crippen LogP contribution is 2.28. The number of fused-ring (bicyclic) bond motifs is 1. The van der Waals surface area contributed by atoms with Crippen molar-refractivity contribution < 1.29 is 0 Å². The quantitative estimate of drug-likeness (QED) is 0.734. The van der Waals surface area contributed by atoms with Gasteiger partial charge < -0.3 is 5.32 Å². The lowest BCUT2D eigenvalue weighted by Gasteiger charge is -2.12. The summed E-state index contributed by atoms with van der Waals surface area (Å²) in [5.41, 5.74) is 2.29. The van der Waals surface area contributed by atoms with Gasteiger partial charge in [0.2, 0.25) is 0 Å². The Morgan fingerprint density at radius 2 is 2.00 bits per heavy atom. The smallest absolute Gasteiger partial charge is 0.184 e. The zero-order valence-electron chi connectivity index (χ0n) is 11.1. The van der Waals surface area contributed by atoms with Crippen LogP contribution in [0.3, 0.4) is 0 Å². The van der Waals surface area contributed by atoms with Gasteiger partial charge in [-0.05, 0) is 37.1 Å². The third-order valence-corrected chi connectivity index (χ3v) is 4.31. The first-order valence-electron chi connectivity index (χ1n) is 6.57. The van der Waals surface area contributed by atoms with Crippen LogP contribution in [0.1, 0.15) is 12.5 Å². The number of nitrogens with zero attached hydrogens (tertiary/aromatic N) is 1. The van der Waals surface area contributed by atoms with Crippen LogP contribution in [0.4, 0.5) is 5.13 Å². The topological polar surface area (TPSA) is 24.9 Å². The van der Waals surface area contributed by atoms with Gasteiger partial charge in [0.15, 0.2) is 5.13 Å². The first-order valence-corrected chi connectivity index (χ1v) is 7.77. The fourth-order valence-corrected chi connectivity index (χ4v) is 3.32. The van der Waals surface area contributed by atoms with Crippen molar-refractivity contribution in [2.45, 2.75) is 19.4 Å². The van der Waals surface area contributed by atoms with Crippen LogP contribution in [0.15, 0.2) is 48.5 Å². The molecule has 0 aliphatic rings. The Bertz CT molecular complexity index is 709. The van der Waals surface area contributed by atoms with Crippen molar-refractivity contribution >= 4 is 38.3 Å². The van der Waals surface area contributed by atoms with E-state index in [1.165, 1.54) is 5.56 Å². The number of rotatable bonds is 4. The minimum Gasteiger partial charge on any atom is -0.359 e. The summed E-state index contributed by atoms with van der Waals surface area (Å²) < 4.78 is 1.16. The van der Waals surface area contributed by atoms with Crippen LogP contribution < -0.4 is 5.32 Å². The van der Waals surface area contributed by atoms with Gasteiger partial charge in [-0.1, -0.05) is 53.3 Å². The van der Waals surface area contributed by atoms with E-state index in [1.54, 1.807) is 11.3 Å². The second-order valence-electron chi connectivity index (χ2n) is 4.87. The Morgan fingerprint density at radius 1 is 1.20 bits per heavy atom. The van der Waals surface area contributed by atoms with Gasteiger partial charge in [-0.25, -0.2) is 4.98 Å². The molecule has 1 atom stereocenters. The van der Waals surface area contributed by atoms with E-state index in [2.05, 4.69) is 41.5 Å². The summed E-state index contributed by atoms with van der Waals surface area (Å²) in [5.74, 6) is 0. The molecular weight excluding hydrogens is 288 g/mol. The summed E-state index contributed by atoms with van der Waals surface area (Å²) >= 11 is 7.65. The largest absolute Gasteiger partial charge is 0.359 e. The lowest BCUT2D eigenvalue weighted by atomic mass is 10.1. The fraction of sp³-hybridized carbons (Fsp3) is 0.188. The molecule has 1 aromatic heterocycles. The molecule has 3 rings (SSSR count). The van der Waals surface area contributed by atoms with Gasteiger partial charge in [-0.3, -0.25) is 0 Å². The lowest BCUT2D eigenvalue weighted by molar-refractivity contribution is 0.789. The summed E-state index contributed by atoms with van der Waals surface area (Å²) in [7, 11) is 0. The van der Waals surface area contributed by atoms with Crippen LogP contribution in [0.2, 0.25) is 5.02 Å². The number of anilines is 1. The van der Waals surface area contributed by atoms with E-state index in [9.17, 15) is 0 Å². The molecule has 0 saturated heterocycles. The van der Waals surface area contributed by atoms with E-state index >= 15 is 0 Å². The van der Waals surface area contributed by atoms with E-state index in [0.29, 0.717) is 6.04 Å². The molecule has 4 heteroatoms. The lowest BCUT2D eigenvalue weighted by Crippen LogP contribution is -2.17. The Kier molecular flexibility index (Phi) is 3.90. The molecule has 20 heavy (non-hydrogen) atoms. The first-order chi connectivity index (χ1) is 9.70. The molecule has 0 spiro atoms. The maximum absolute atomic E-state index is 5.99. The van der Waals surface area contributed by atoms with Crippen molar-refractivity contribution in [3.63, 3.8) is 0 Å². The van der Waals surface area contributed by atoms with Gasteiger partial charge in [0, 0.05) is 11.1 Å². The average Bonchev–Trinajstić information content (AvgIpc) is 2.80. The summed E-state index contributed by atoms with van der Waals surface area (Å²) in [6.45, 7) is 2.17. The van der Waals surface area contributed by atoms with Crippen molar-refractivity contribution in [1.82, 2.24) is 4.98 Å². The number of benzene rings is 2. The minimum absolute atomic E-state index is 0.341. The monoisotopic (exact) mass is 302 g/mol. The SMILES string of the molecule is CC(Cc1ccccc1)Nc1nc2cc(Cl)ccc2s1. The van der Waals surface area contributed by atoms with Crippen molar-refractivity contribution in [2.75, 3.05) is 5.32 Å². The molecular formula is C16H15ClN2S. The zero-order valence-corrected chi connectivity index (χ0v) is 12.7. The second-order valence-corrected chi connectivity index (χ2v) is 6.33. The number of nitrogens with one attached hydrogen (secondary N) is 1. The predicted octanol–water partition coefficient (Wildman–Crippen LogP) is 4.99. The molecule has 0 fully saturated rings.